The van der Waals surface area contributed by atoms with Gasteiger partial charge in [-0.3, -0.25) is 14.4 Å². The van der Waals surface area contributed by atoms with E-state index in [-0.39, 0.29) is 30.7 Å². The summed E-state index contributed by atoms with van der Waals surface area (Å²) in [5.41, 5.74) is 1.48. The van der Waals surface area contributed by atoms with Gasteiger partial charge < -0.3 is 19.9 Å². The van der Waals surface area contributed by atoms with E-state index in [0.29, 0.717) is 40.8 Å². The van der Waals surface area contributed by atoms with Crippen molar-refractivity contribution in [3.63, 3.8) is 0 Å². The lowest BCUT2D eigenvalue weighted by atomic mass is 10.1. The minimum Gasteiger partial charge on any atom is -0.497 e. The number of anilines is 2. The second kappa shape index (κ2) is 8.98. The largest absolute Gasteiger partial charge is 0.497 e. The molecule has 3 amide bonds. The van der Waals surface area contributed by atoms with Crippen molar-refractivity contribution in [3.05, 3.63) is 53.1 Å². The normalized spacial score (nSPS) is 18.4. The van der Waals surface area contributed by atoms with Gasteiger partial charge in [0.15, 0.2) is 0 Å². The van der Waals surface area contributed by atoms with Gasteiger partial charge in [0.05, 0.1) is 24.3 Å². The predicted octanol–water partition coefficient (Wildman–Crippen LogP) is 3.58. The summed E-state index contributed by atoms with van der Waals surface area (Å²) < 4.78 is 5.23. The molecule has 2 aliphatic rings. The second-order valence-corrected chi connectivity index (χ2v) is 8.22. The first kappa shape index (κ1) is 21.2. The number of benzene rings is 2. The fourth-order valence-electron chi connectivity index (χ4n) is 4.04. The van der Waals surface area contributed by atoms with Crippen LogP contribution in [-0.4, -0.2) is 49.4 Å². The van der Waals surface area contributed by atoms with Gasteiger partial charge in [0.25, 0.3) is 5.91 Å². The molecule has 7 nitrogen and oxygen atoms in total. The Morgan fingerprint density at radius 2 is 1.90 bits per heavy atom. The molecule has 2 aromatic carbocycles. The van der Waals surface area contributed by atoms with Crippen molar-refractivity contribution in [2.24, 2.45) is 5.92 Å². The molecule has 8 heteroatoms. The maximum atomic E-state index is 13.0. The molecular formula is C23H24ClN3O4. The number of hydrogen-bond acceptors (Lipinski definition) is 4. The molecule has 1 unspecified atom stereocenters. The van der Waals surface area contributed by atoms with Crippen LogP contribution >= 0.6 is 11.6 Å². The lowest BCUT2D eigenvalue weighted by Crippen LogP contribution is -2.31. The topological polar surface area (TPSA) is 79.0 Å². The Balaban J connectivity index is 1.50. The molecule has 0 bridgehead atoms. The molecule has 0 aromatic heterocycles. The van der Waals surface area contributed by atoms with Crippen LogP contribution in [0.2, 0.25) is 5.02 Å². The van der Waals surface area contributed by atoms with Crippen LogP contribution in [-0.2, 0) is 9.59 Å². The van der Waals surface area contributed by atoms with Crippen molar-refractivity contribution >= 4 is 40.7 Å². The van der Waals surface area contributed by atoms with Gasteiger partial charge in [-0.15, -0.1) is 0 Å². The number of amides is 3. The Hall–Kier alpha value is -3.06. The van der Waals surface area contributed by atoms with Crippen LogP contribution in [0.15, 0.2) is 42.5 Å². The summed E-state index contributed by atoms with van der Waals surface area (Å²) in [5, 5.41) is 3.28. The average Bonchev–Trinajstić information content (AvgIpc) is 3.44. The first-order valence-electron chi connectivity index (χ1n) is 10.3. The standard InChI is InChI=1S/C23H24ClN3O4/c1-31-18-6-4-5-17(13-18)27-14-15(11-21(27)28)22(29)25-20-8-7-16(24)12-19(20)23(30)26-9-2-3-10-26/h4-8,12-13,15H,2-3,9-11,14H2,1H3,(H,25,29). The Kier molecular flexibility index (Phi) is 6.13. The molecule has 2 saturated heterocycles. The highest BCUT2D eigenvalue weighted by Crippen LogP contribution is 2.30. The first-order chi connectivity index (χ1) is 15.0. The van der Waals surface area contributed by atoms with Crippen LogP contribution in [0.3, 0.4) is 0 Å². The van der Waals surface area contributed by atoms with Crippen LogP contribution in [0.4, 0.5) is 11.4 Å². The zero-order valence-corrected chi connectivity index (χ0v) is 18.0. The van der Waals surface area contributed by atoms with Crippen LogP contribution in [0.25, 0.3) is 0 Å². The van der Waals surface area contributed by atoms with E-state index in [4.69, 9.17) is 16.3 Å². The molecule has 2 aliphatic heterocycles. The van der Waals surface area contributed by atoms with Crippen molar-refractivity contribution in [3.8, 4) is 5.75 Å². The monoisotopic (exact) mass is 441 g/mol. The van der Waals surface area contributed by atoms with Gasteiger partial charge in [0, 0.05) is 42.8 Å². The first-order valence-corrected chi connectivity index (χ1v) is 10.7. The van der Waals surface area contributed by atoms with Crippen LogP contribution < -0.4 is 15.0 Å². The summed E-state index contributed by atoms with van der Waals surface area (Å²) in [6, 6.07) is 12.0. The molecule has 162 valence electrons. The van der Waals surface area contributed by atoms with E-state index in [1.165, 1.54) is 0 Å². The summed E-state index contributed by atoms with van der Waals surface area (Å²) >= 11 is 6.12. The summed E-state index contributed by atoms with van der Waals surface area (Å²) in [5.74, 6) is -0.446. The number of carbonyl (C=O) groups excluding carboxylic acids is 3. The Labute approximate surface area is 185 Å². The van der Waals surface area contributed by atoms with E-state index in [9.17, 15) is 14.4 Å². The molecule has 2 aromatic rings. The second-order valence-electron chi connectivity index (χ2n) is 7.79. The molecule has 4 rings (SSSR count). The number of nitrogens with one attached hydrogen (secondary N) is 1. The SMILES string of the molecule is COc1cccc(N2CC(C(=O)Nc3ccc(Cl)cc3C(=O)N3CCCC3)CC2=O)c1. The number of halogens is 1. The number of methoxy groups -OCH3 is 1. The van der Waals surface area contributed by atoms with Crippen molar-refractivity contribution in [1.82, 2.24) is 4.90 Å². The third kappa shape index (κ3) is 4.51. The molecule has 2 fully saturated rings. The highest BCUT2D eigenvalue weighted by Gasteiger charge is 2.36. The molecule has 1 atom stereocenters. The van der Waals surface area contributed by atoms with E-state index in [1.807, 2.05) is 6.07 Å². The van der Waals surface area contributed by atoms with Crippen molar-refractivity contribution in [1.29, 1.82) is 0 Å². The van der Waals surface area contributed by atoms with Crippen molar-refractivity contribution < 1.29 is 19.1 Å². The van der Waals surface area contributed by atoms with Gasteiger partial charge in [-0.2, -0.15) is 0 Å². The summed E-state index contributed by atoms with van der Waals surface area (Å²) in [6.45, 7) is 1.66. The smallest absolute Gasteiger partial charge is 0.256 e. The molecule has 0 saturated carbocycles. The predicted molar refractivity (Wildman–Crippen MR) is 119 cm³/mol. The number of rotatable bonds is 5. The molecule has 2 heterocycles. The fraction of sp³-hybridized carbons (Fsp3) is 0.348. The van der Waals surface area contributed by atoms with Crippen molar-refractivity contribution in [2.45, 2.75) is 19.3 Å². The number of hydrogen-bond donors (Lipinski definition) is 1. The fourth-order valence-corrected chi connectivity index (χ4v) is 4.21. The summed E-state index contributed by atoms with van der Waals surface area (Å²) in [4.78, 5) is 41.8. The van der Waals surface area contributed by atoms with Gasteiger partial charge in [-0.1, -0.05) is 17.7 Å². The van der Waals surface area contributed by atoms with Gasteiger partial charge in [-0.05, 0) is 43.2 Å². The number of ether oxygens (including phenoxy) is 1. The van der Waals surface area contributed by atoms with E-state index in [1.54, 1.807) is 53.3 Å². The number of likely N-dealkylation sites (tertiary alicyclic amines) is 1. The van der Waals surface area contributed by atoms with Gasteiger partial charge in [-0.25, -0.2) is 0 Å². The summed E-state index contributed by atoms with van der Waals surface area (Å²) in [6.07, 6.45) is 2.04. The molecule has 0 radical (unpaired) electrons. The Morgan fingerprint density at radius 3 is 2.65 bits per heavy atom. The average molecular weight is 442 g/mol. The van der Waals surface area contributed by atoms with Gasteiger partial charge >= 0.3 is 0 Å². The van der Waals surface area contributed by atoms with Gasteiger partial charge in [0.1, 0.15) is 5.75 Å². The van der Waals surface area contributed by atoms with Gasteiger partial charge in [0.2, 0.25) is 11.8 Å². The lowest BCUT2D eigenvalue weighted by molar-refractivity contribution is -0.122. The highest BCUT2D eigenvalue weighted by molar-refractivity contribution is 6.31. The minimum atomic E-state index is -0.524. The number of nitrogens with zero attached hydrogens (tertiary/aromatic N) is 2. The zero-order chi connectivity index (χ0) is 22.0. The van der Waals surface area contributed by atoms with Crippen LogP contribution in [0.5, 0.6) is 5.75 Å². The third-order valence-electron chi connectivity index (χ3n) is 5.72. The van der Waals surface area contributed by atoms with Crippen LogP contribution in [0.1, 0.15) is 29.6 Å². The molecule has 31 heavy (non-hydrogen) atoms. The van der Waals surface area contributed by atoms with E-state index < -0.39 is 5.92 Å². The van der Waals surface area contributed by atoms with E-state index in [2.05, 4.69) is 5.32 Å². The molecule has 0 aliphatic carbocycles. The molecule has 0 spiro atoms. The highest BCUT2D eigenvalue weighted by atomic mass is 35.5. The third-order valence-corrected chi connectivity index (χ3v) is 5.96. The number of carbonyl (C=O) groups is 3. The molecular weight excluding hydrogens is 418 g/mol. The molecule has 1 N–H and O–H groups in total. The Bertz CT molecular complexity index is 1020. The maximum Gasteiger partial charge on any atom is 0.256 e. The van der Waals surface area contributed by atoms with E-state index >= 15 is 0 Å². The quantitative estimate of drug-likeness (QED) is 0.769. The minimum absolute atomic E-state index is 0.103. The maximum absolute atomic E-state index is 13.0. The Morgan fingerprint density at radius 1 is 1.13 bits per heavy atom. The summed E-state index contributed by atoms with van der Waals surface area (Å²) in [7, 11) is 1.56. The zero-order valence-electron chi connectivity index (χ0n) is 17.3. The van der Waals surface area contributed by atoms with E-state index in [0.717, 1.165) is 12.8 Å². The van der Waals surface area contributed by atoms with Crippen molar-refractivity contribution in [2.75, 3.05) is 37.0 Å². The van der Waals surface area contributed by atoms with Crippen LogP contribution in [0, 0.1) is 5.92 Å². The lowest BCUT2D eigenvalue weighted by Gasteiger charge is -2.20.